The molecule has 3 N–H and O–H groups in total. The van der Waals surface area contributed by atoms with E-state index in [1.165, 1.54) is 18.2 Å². The topological polar surface area (TPSA) is 125 Å². The maximum Gasteiger partial charge on any atom is 0.295 e. The Labute approximate surface area is 118 Å². The van der Waals surface area contributed by atoms with Crippen LogP contribution in [0.25, 0.3) is 11.1 Å². The van der Waals surface area contributed by atoms with E-state index in [-0.39, 0.29) is 11.7 Å². The van der Waals surface area contributed by atoms with Crippen LogP contribution in [0.5, 0.6) is 0 Å². The molecular formula is C12H12N6O3. The van der Waals surface area contributed by atoms with Crippen molar-refractivity contribution in [2.45, 2.75) is 6.54 Å². The lowest BCUT2D eigenvalue weighted by Crippen LogP contribution is -2.04. The van der Waals surface area contributed by atoms with E-state index in [4.69, 9.17) is 10.2 Å². The van der Waals surface area contributed by atoms with Crippen molar-refractivity contribution in [2.75, 3.05) is 11.1 Å². The fourth-order valence-corrected chi connectivity index (χ4v) is 1.90. The Balaban J connectivity index is 1.81. The Hall–Kier alpha value is -3.10. The molecule has 1 aromatic carbocycles. The molecule has 0 aliphatic carbocycles. The largest absolute Gasteiger partial charge is 0.424 e. The molecule has 0 fully saturated rings. The number of nitrogens with one attached hydrogen (secondary N) is 1. The van der Waals surface area contributed by atoms with Crippen LogP contribution in [0, 0.1) is 10.1 Å². The second-order valence-electron chi connectivity index (χ2n) is 4.46. The smallest absolute Gasteiger partial charge is 0.295 e. The summed E-state index contributed by atoms with van der Waals surface area (Å²) in [5, 5.41) is 17.7. The van der Waals surface area contributed by atoms with Gasteiger partial charge in [-0.05, 0) is 6.07 Å². The summed E-state index contributed by atoms with van der Waals surface area (Å²) in [7, 11) is 1.75. The van der Waals surface area contributed by atoms with Crippen LogP contribution in [0.2, 0.25) is 0 Å². The molecule has 2 heterocycles. The maximum atomic E-state index is 10.7. The van der Waals surface area contributed by atoms with Crippen molar-refractivity contribution in [3.63, 3.8) is 0 Å². The second-order valence-corrected chi connectivity index (χ2v) is 4.46. The SMILES string of the molecule is Cn1ncc(CNc2nc3cc([N+](=O)[O-])ccc3o2)c1N. The van der Waals surface area contributed by atoms with Gasteiger partial charge in [0.1, 0.15) is 11.3 Å². The van der Waals surface area contributed by atoms with Crippen LogP contribution < -0.4 is 11.1 Å². The molecule has 9 heteroatoms. The summed E-state index contributed by atoms with van der Waals surface area (Å²) >= 11 is 0. The van der Waals surface area contributed by atoms with Crippen LogP contribution in [0.15, 0.2) is 28.8 Å². The minimum atomic E-state index is -0.475. The van der Waals surface area contributed by atoms with Crippen molar-refractivity contribution in [1.29, 1.82) is 0 Å². The van der Waals surface area contributed by atoms with Crippen molar-refractivity contribution in [3.05, 3.63) is 40.1 Å². The lowest BCUT2D eigenvalue weighted by atomic mass is 10.3. The maximum absolute atomic E-state index is 10.7. The Morgan fingerprint density at radius 3 is 3.00 bits per heavy atom. The van der Waals surface area contributed by atoms with Crippen molar-refractivity contribution < 1.29 is 9.34 Å². The molecule has 0 saturated carbocycles. The minimum Gasteiger partial charge on any atom is -0.424 e. The van der Waals surface area contributed by atoms with E-state index in [0.29, 0.717) is 23.5 Å². The minimum absolute atomic E-state index is 0.0288. The molecule has 0 saturated heterocycles. The predicted molar refractivity (Wildman–Crippen MR) is 75.6 cm³/mol. The van der Waals surface area contributed by atoms with Gasteiger partial charge >= 0.3 is 0 Å². The Kier molecular flexibility index (Phi) is 2.94. The zero-order chi connectivity index (χ0) is 15.0. The summed E-state index contributed by atoms with van der Waals surface area (Å²) in [6, 6.07) is 4.52. The first-order valence-corrected chi connectivity index (χ1v) is 6.10. The van der Waals surface area contributed by atoms with Gasteiger partial charge in [-0.2, -0.15) is 10.1 Å². The number of hydrogen-bond acceptors (Lipinski definition) is 7. The van der Waals surface area contributed by atoms with Crippen molar-refractivity contribution >= 4 is 28.6 Å². The number of nitrogens with two attached hydrogens (primary N) is 1. The number of nitro benzene ring substituents is 1. The number of aromatic nitrogens is 3. The average Bonchev–Trinajstić information content (AvgIpc) is 3.00. The number of rotatable bonds is 4. The van der Waals surface area contributed by atoms with Gasteiger partial charge in [-0.3, -0.25) is 14.8 Å². The second kappa shape index (κ2) is 4.78. The molecule has 0 atom stereocenters. The van der Waals surface area contributed by atoms with Crippen molar-refractivity contribution in [3.8, 4) is 0 Å². The highest BCUT2D eigenvalue weighted by atomic mass is 16.6. The molecule has 0 aliphatic rings. The van der Waals surface area contributed by atoms with E-state index in [1.807, 2.05) is 0 Å². The van der Waals surface area contributed by atoms with Gasteiger partial charge in [0.25, 0.3) is 11.7 Å². The summed E-state index contributed by atoms with van der Waals surface area (Å²) < 4.78 is 7.02. The summed E-state index contributed by atoms with van der Waals surface area (Å²) in [5.41, 5.74) is 7.51. The van der Waals surface area contributed by atoms with Gasteiger partial charge in [-0.1, -0.05) is 0 Å². The van der Waals surface area contributed by atoms with Crippen molar-refractivity contribution in [1.82, 2.24) is 14.8 Å². The van der Waals surface area contributed by atoms with Crippen molar-refractivity contribution in [2.24, 2.45) is 7.05 Å². The van der Waals surface area contributed by atoms with Gasteiger partial charge in [-0.15, -0.1) is 0 Å². The van der Waals surface area contributed by atoms with E-state index in [1.54, 1.807) is 17.9 Å². The Morgan fingerprint density at radius 2 is 2.33 bits per heavy atom. The third-order valence-electron chi connectivity index (χ3n) is 3.08. The molecule has 0 bridgehead atoms. The fourth-order valence-electron chi connectivity index (χ4n) is 1.90. The van der Waals surface area contributed by atoms with Crippen LogP contribution in [-0.4, -0.2) is 19.7 Å². The van der Waals surface area contributed by atoms with E-state index < -0.39 is 4.92 Å². The molecule has 9 nitrogen and oxygen atoms in total. The van der Waals surface area contributed by atoms with Gasteiger partial charge in [-0.25, -0.2) is 0 Å². The molecule has 3 aromatic rings. The molecule has 21 heavy (non-hydrogen) atoms. The highest BCUT2D eigenvalue weighted by molar-refractivity contribution is 5.77. The summed E-state index contributed by atoms with van der Waals surface area (Å²) in [5.74, 6) is 0.550. The lowest BCUT2D eigenvalue weighted by molar-refractivity contribution is -0.384. The number of nitro groups is 1. The number of aryl methyl sites for hydroxylation is 1. The number of nitrogens with zero attached hydrogens (tertiary/aromatic N) is 4. The fraction of sp³-hybridized carbons (Fsp3) is 0.167. The molecule has 108 valence electrons. The molecule has 0 unspecified atom stereocenters. The Morgan fingerprint density at radius 1 is 1.52 bits per heavy atom. The number of oxazole rings is 1. The highest BCUT2D eigenvalue weighted by Gasteiger charge is 2.12. The van der Waals surface area contributed by atoms with E-state index in [2.05, 4.69) is 15.4 Å². The molecule has 0 radical (unpaired) electrons. The van der Waals surface area contributed by atoms with E-state index in [9.17, 15) is 10.1 Å². The first-order chi connectivity index (χ1) is 10.0. The van der Waals surface area contributed by atoms with Crippen LogP contribution in [-0.2, 0) is 13.6 Å². The van der Waals surface area contributed by atoms with Crippen LogP contribution in [0.1, 0.15) is 5.56 Å². The summed E-state index contributed by atoms with van der Waals surface area (Å²) in [4.78, 5) is 14.4. The number of nitrogen functional groups attached to an aromatic ring is 1. The molecule has 2 aromatic heterocycles. The van der Waals surface area contributed by atoms with E-state index in [0.717, 1.165) is 5.56 Å². The molecule has 0 spiro atoms. The van der Waals surface area contributed by atoms with Gasteiger partial charge in [0.05, 0.1) is 11.1 Å². The molecule has 3 rings (SSSR count). The third-order valence-corrected chi connectivity index (χ3v) is 3.08. The standard InChI is InChI=1S/C12H12N6O3/c1-17-11(13)7(6-15-17)5-14-12-16-9-4-8(18(19)20)2-3-10(9)21-12/h2-4,6H,5,13H2,1H3,(H,14,16). The molecule has 0 aliphatic heterocycles. The van der Waals surface area contributed by atoms with Crippen LogP contribution >= 0.6 is 0 Å². The number of benzene rings is 1. The third kappa shape index (κ3) is 2.36. The first kappa shape index (κ1) is 12.9. The zero-order valence-electron chi connectivity index (χ0n) is 11.1. The van der Waals surface area contributed by atoms with Gasteiger partial charge < -0.3 is 15.5 Å². The highest BCUT2D eigenvalue weighted by Crippen LogP contribution is 2.24. The van der Waals surface area contributed by atoms with Crippen LogP contribution in [0.4, 0.5) is 17.5 Å². The quantitative estimate of drug-likeness (QED) is 0.552. The van der Waals surface area contributed by atoms with Gasteiger partial charge in [0.2, 0.25) is 0 Å². The van der Waals surface area contributed by atoms with Gasteiger partial charge in [0.15, 0.2) is 5.58 Å². The molecular weight excluding hydrogens is 276 g/mol. The first-order valence-electron chi connectivity index (χ1n) is 6.10. The van der Waals surface area contributed by atoms with Crippen LogP contribution in [0.3, 0.4) is 0 Å². The monoisotopic (exact) mass is 288 g/mol. The zero-order valence-corrected chi connectivity index (χ0v) is 11.1. The average molecular weight is 288 g/mol. The normalized spacial score (nSPS) is 10.9. The summed E-state index contributed by atoms with van der Waals surface area (Å²) in [6.45, 7) is 0.397. The number of fused-ring (bicyclic) bond motifs is 1. The van der Waals surface area contributed by atoms with Gasteiger partial charge in [0, 0.05) is 31.3 Å². The summed E-state index contributed by atoms with van der Waals surface area (Å²) in [6.07, 6.45) is 1.65. The van der Waals surface area contributed by atoms with E-state index >= 15 is 0 Å². The number of non-ortho nitro benzene ring substituents is 1. The molecule has 0 amide bonds. The predicted octanol–water partition coefficient (Wildman–Crippen LogP) is 1.66. The Bertz CT molecular complexity index is 822. The lowest BCUT2D eigenvalue weighted by Gasteiger charge is -2.00. The number of hydrogen-bond donors (Lipinski definition) is 2. The number of anilines is 2.